The number of hydrogen-bond donors (Lipinski definition) is 2. The van der Waals surface area contributed by atoms with Crippen molar-refractivity contribution < 1.29 is 13.9 Å². The minimum Gasteiger partial charge on any atom is -0.495 e. The zero-order chi connectivity index (χ0) is 22.8. The lowest BCUT2D eigenvalue weighted by molar-refractivity contribution is -0.120. The average molecular weight is 569 g/mol. The van der Waals surface area contributed by atoms with Gasteiger partial charge in [0.1, 0.15) is 11.6 Å². The van der Waals surface area contributed by atoms with Crippen molar-refractivity contribution in [2.24, 2.45) is 4.99 Å². The van der Waals surface area contributed by atoms with E-state index >= 15 is 0 Å². The Bertz CT molecular complexity index is 919. The van der Waals surface area contributed by atoms with Crippen molar-refractivity contribution in [3.8, 4) is 5.75 Å². The van der Waals surface area contributed by atoms with Gasteiger partial charge in [0.15, 0.2) is 5.96 Å². The minimum absolute atomic E-state index is 0. The second-order valence-electron chi connectivity index (χ2n) is 7.54. The second kappa shape index (κ2) is 13.9. The van der Waals surface area contributed by atoms with Crippen LogP contribution in [0.3, 0.4) is 0 Å². The Labute approximate surface area is 212 Å². The molecule has 0 atom stereocenters. The monoisotopic (exact) mass is 569 g/mol. The number of ether oxygens (including phenoxy) is 1. The van der Waals surface area contributed by atoms with Gasteiger partial charge in [-0.3, -0.25) is 9.79 Å². The van der Waals surface area contributed by atoms with E-state index in [-0.39, 0.29) is 42.1 Å². The number of nitrogens with zero attached hydrogens (tertiary/aromatic N) is 3. The molecule has 2 aromatic carbocycles. The van der Waals surface area contributed by atoms with E-state index in [4.69, 9.17) is 4.74 Å². The van der Waals surface area contributed by atoms with E-state index in [0.717, 1.165) is 50.1 Å². The van der Waals surface area contributed by atoms with Crippen LogP contribution in [0.15, 0.2) is 53.5 Å². The van der Waals surface area contributed by atoms with Crippen molar-refractivity contribution in [1.29, 1.82) is 0 Å². The first-order chi connectivity index (χ1) is 15.6. The zero-order valence-corrected chi connectivity index (χ0v) is 21.6. The van der Waals surface area contributed by atoms with Crippen molar-refractivity contribution >= 4 is 41.5 Å². The normalized spacial score (nSPS) is 13.8. The molecule has 9 heteroatoms. The smallest absolute Gasteiger partial charge is 0.224 e. The quantitative estimate of drug-likeness (QED) is 0.222. The van der Waals surface area contributed by atoms with Gasteiger partial charge in [0, 0.05) is 39.3 Å². The van der Waals surface area contributed by atoms with Gasteiger partial charge < -0.3 is 25.2 Å². The summed E-state index contributed by atoms with van der Waals surface area (Å²) < 4.78 is 18.7. The van der Waals surface area contributed by atoms with Gasteiger partial charge in [-0.2, -0.15) is 0 Å². The first-order valence-corrected chi connectivity index (χ1v) is 11.0. The maximum absolute atomic E-state index is 13.3. The Hall–Kier alpha value is -2.56. The Morgan fingerprint density at radius 2 is 1.85 bits per heavy atom. The van der Waals surface area contributed by atoms with Crippen LogP contribution in [0.4, 0.5) is 10.1 Å². The first kappa shape index (κ1) is 26.7. The number of aliphatic imine (C=N–C) groups is 1. The first-order valence-electron chi connectivity index (χ1n) is 11.0. The number of amides is 1. The second-order valence-corrected chi connectivity index (χ2v) is 7.54. The highest BCUT2D eigenvalue weighted by Gasteiger charge is 2.21. The summed E-state index contributed by atoms with van der Waals surface area (Å²) >= 11 is 0. The number of hydrogen-bond acceptors (Lipinski definition) is 4. The van der Waals surface area contributed by atoms with Crippen LogP contribution in [0.1, 0.15) is 12.5 Å². The van der Waals surface area contributed by atoms with Crippen LogP contribution in [-0.2, 0) is 11.2 Å². The molecule has 0 aliphatic carbocycles. The van der Waals surface area contributed by atoms with Gasteiger partial charge in [0.2, 0.25) is 5.91 Å². The summed E-state index contributed by atoms with van der Waals surface area (Å²) in [4.78, 5) is 21.3. The molecule has 33 heavy (non-hydrogen) atoms. The Morgan fingerprint density at radius 3 is 2.55 bits per heavy atom. The van der Waals surface area contributed by atoms with Crippen LogP contribution in [0.25, 0.3) is 0 Å². The fourth-order valence-corrected chi connectivity index (χ4v) is 3.73. The number of halogens is 2. The van der Waals surface area contributed by atoms with E-state index < -0.39 is 0 Å². The van der Waals surface area contributed by atoms with Crippen molar-refractivity contribution in [3.05, 3.63) is 59.9 Å². The fraction of sp³-hybridized carbons (Fsp3) is 0.417. The Kier molecular flexibility index (Phi) is 11.2. The van der Waals surface area contributed by atoms with Gasteiger partial charge >= 0.3 is 0 Å². The minimum atomic E-state index is -0.332. The summed E-state index contributed by atoms with van der Waals surface area (Å²) in [5.74, 6) is 1.27. The van der Waals surface area contributed by atoms with Gasteiger partial charge in [-0.25, -0.2) is 4.39 Å². The molecule has 1 heterocycles. The maximum Gasteiger partial charge on any atom is 0.224 e. The standard InChI is InChI=1S/C24H32FN5O2.HI/c1-3-26-24(28-12-11-27-23(31)18-19-7-6-8-20(25)17-19)30-15-13-29(14-16-30)21-9-4-5-10-22(21)32-2;/h4-10,17H,3,11-16,18H2,1-2H3,(H,26,28)(H,27,31);1H. The zero-order valence-electron chi connectivity index (χ0n) is 19.2. The summed E-state index contributed by atoms with van der Waals surface area (Å²) in [5.41, 5.74) is 1.77. The maximum atomic E-state index is 13.3. The molecule has 7 nitrogen and oxygen atoms in total. The lowest BCUT2D eigenvalue weighted by Gasteiger charge is -2.38. The van der Waals surface area contributed by atoms with Crippen LogP contribution < -0.4 is 20.3 Å². The molecule has 0 spiro atoms. The van der Waals surface area contributed by atoms with E-state index in [0.29, 0.717) is 18.7 Å². The largest absolute Gasteiger partial charge is 0.495 e. The van der Waals surface area contributed by atoms with Crippen LogP contribution in [0.2, 0.25) is 0 Å². The summed E-state index contributed by atoms with van der Waals surface area (Å²) in [6, 6.07) is 14.2. The van der Waals surface area contributed by atoms with E-state index in [9.17, 15) is 9.18 Å². The number of piperazine rings is 1. The number of guanidine groups is 1. The van der Waals surface area contributed by atoms with Crippen LogP contribution >= 0.6 is 24.0 Å². The van der Waals surface area contributed by atoms with E-state index in [1.807, 2.05) is 25.1 Å². The van der Waals surface area contributed by atoms with Crippen molar-refractivity contribution in [2.75, 3.05) is 57.8 Å². The van der Waals surface area contributed by atoms with Crippen molar-refractivity contribution in [1.82, 2.24) is 15.5 Å². The summed E-state index contributed by atoms with van der Waals surface area (Å²) in [5, 5.41) is 6.20. The molecule has 1 aliphatic heterocycles. The van der Waals surface area contributed by atoms with Crippen molar-refractivity contribution in [2.45, 2.75) is 13.3 Å². The van der Waals surface area contributed by atoms with Crippen LogP contribution in [0.5, 0.6) is 5.75 Å². The molecule has 180 valence electrons. The Balaban J connectivity index is 0.00000385. The number of carbonyl (C=O) groups is 1. The molecule has 0 bridgehead atoms. The molecule has 1 fully saturated rings. The Morgan fingerprint density at radius 1 is 1.09 bits per heavy atom. The van der Waals surface area contributed by atoms with Gasteiger partial charge in [-0.15, -0.1) is 24.0 Å². The third-order valence-corrected chi connectivity index (χ3v) is 5.29. The summed E-state index contributed by atoms with van der Waals surface area (Å²) in [6.45, 7) is 7.16. The van der Waals surface area contributed by atoms with Gasteiger partial charge in [0.25, 0.3) is 0 Å². The molecule has 3 rings (SSSR count). The molecule has 0 aromatic heterocycles. The molecular formula is C24H33FIN5O2. The topological polar surface area (TPSA) is 69.2 Å². The molecule has 0 unspecified atom stereocenters. The molecule has 1 amide bonds. The SMILES string of the molecule is CCNC(=NCCNC(=O)Cc1cccc(F)c1)N1CCN(c2ccccc2OC)CC1.I. The van der Waals surface area contributed by atoms with E-state index in [1.165, 1.54) is 12.1 Å². The highest BCUT2D eigenvalue weighted by Crippen LogP contribution is 2.28. The molecule has 2 aromatic rings. The highest BCUT2D eigenvalue weighted by atomic mass is 127. The van der Waals surface area contributed by atoms with Gasteiger partial charge in [0.05, 0.1) is 25.8 Å². The predicted molar refractivity (Wildman–Crippen MR) is 141 cm³/mol. The number of nitrogens with one attached hydrogen (secondary N) is 2. The summed E-state index contributed by atoms with van der Waals surface area (Å²) in [6.07, 6.45) is 0.159. The van der Waals surface area contributed by atoms with Gasteiger partial charge in [-0.1, -0.05) is 24.3 Å². The third-order valence-electron chi connectivity index (χ3n) is 5.29. The molecule has 2 N–H and O–H groups in total. The van der Waals surface area contributed by atoms with E-state index in [2.05, 4.69) is 31.5 Å². The fourth-order valence-electron chi connectivity index (χ4n) is 3.73. The number of benzene rings is 2. The van der Waals surface area contributed by atoms with Gasteiger partial charge in [-0.05, 0) is 36.8 Å². The average Bonchev–Trinajstić information content (AvgIpc) is 2.81. The highest BCUT2D eigenvalue weighted by molar-refractivity contribution is 14.0. The van der Waals surface area contributed by atoms with Crippen LogP contribution in [-0.4, -0.2) is 69.7 Å². The number of para-hydroxylation sites is 2. The number of rotatable bonds is 8. The number of anilines is 1. The molecular weight excluding hydrogens is 536 g/mol. The van der Waals surface area contributed by atoms with Crippen LogP contribution in [0, 0.1) is 5.82 Å². The predicted octanol–water partition coefficient (Wildman–Crippen LogP) is 2.90. The number of methoxy groups -OCH3 is 1. The lowest BCUT2D eigenvalue weighted by atomic mass is 10.1. The molecule has 1 saturated heterocycles. The molecule has 0 radical (unpaired) electrons. The number of carbonyl (C=O) groups excluding carboxylic acids is 1. The molecule has 0 saturated carbocycles. The third kappa shape index (κ3) is 8.06. The van der Waals surface area contributed by atoms with Crippen molar-refractivity contribution in [3.63, 3.8) is 0 Å². The molecule has 1 aliphatic rings. The van der Waals surface area contributed by atoms with E-state index in [1.54, 1.807) is 19.2 Å². The lowest BCUT2D eigenvalue weighted by Crippen LogP contribution is -2.52. The summed E-state index contributed by atoms with van der Waals surface area (Å²) in [7, 11) is 1.70.